The van der Waals surface area contributed by atoms with Crippen LogP contribution in [-0.4, -0.2) is 10.9 Å². The van der Waals surface area contributed by atoms with E-state index in [0.29, 0.717) is 22.4 Å². The summed E-state index contributed by atoms with van der Waals surface area (Å²) in [5.74, 6) is -1.07. The lowest BCUT2D eigenvalue weighted by Gasteiger charge is -2.08. The number of aromatic amines is 1. The topological polar surface area (TPSA) is 75.1 Å². The Morgan fingerprint density at radius 3 is 2.50 bits per heavy atom. The highest BCUT2D eigenvalue weighted by Crippen LogP contribution is 2.29. The van der Waals surface area contributed by atoms with Gasteiger partial charge in [-0.15, -0.1) is 0 Å². The number of hydrogen-bond acceptors (Lipinski definition) is 3. The minimum absolute atomic E-state index is 0.101. The number of H-pyrrole nitrogens is 1. The zero-order valence-corrected chi connectivity index (χ0v) is 12.1. The summed E-state index contributed by atoms with van der Waals surface area (Å²) in [6, 6.07) is 9.11. The van der Waals surface area contributed by atoms with Crippen LogP contribution < -0.4 is 11.1 Å². The second kappa shape index (κ2) is 5.88. The van der Waals surface area contributed by atoms with Gasteiger partial charge in [-0.05, 0) is 29.8 Å². The number of carbonyl (C=O) groups excluding carboxylic acids is 1. The quantitative estimate of drug-likeness (QED) is 0.770. The third-order valence-corrected chi connectivity index (χ3v) is 3.38. The molecule has 0 unspecified atom stereocenters. The molecule has 3 rings (SSSR count). The molecule has 2 aromatic carbocycles. The fourth-order valence-corrected chi connectivity index (χ4v) is 2.27. The van der Waals surface area contributed by atoms with Gasteiger partial charge in [-0.25, -0.2) is 4.79 Å². The molecule has 0 aliphatic heterocycles. The maximum atomic E-state index is 12.5. The third kappa shape index (κ3) is 3.32. The number of halogens is 3. The van der Waals surface area contributed by atoms with Gasteiger partial charge in [0.2, 0.25) is 5.91 Å². The largest absolute Gasteiger partial charge is 0.417 e. The molecule has 8 heteroatoms. The van der Waals surface area contributed by atoms with Crippen LogP contribution in [-0.2, 0) is 17.4 Å². The van der Waals surface area contributed by atoms with Crippen molar-refractivity contribution in [3.8, 4) is 0 Å². The monoisotopic (exact) mass is 336 g/mol. The molecule has 124 valence electrons. The van der Waals surface area contributed by atoms with Gasteiger partial charge >= 0.3 is 11.9 Å². The van der Waals surface area contributed by atoms with Crippen molar-refractivity contribution < 1.29 is 22.4 Å². The lowest BCUT2D eigenvalue weighted by molar-refractivity contribution is -0.137. The van der Waals surface area contributed by atoms with Crippen molar-refractivity contribution in [3.63, 3.8) is 0 Å². The van der Waals surface area contributed by atoms with E-state index in [9.17, 15) is 22.8 Å². The van der Waals surface area contributed by atoms with Crippen LogP contribution in [0.5, 0.6) is 0 Å². The summed E-state index contributed by atoms with van der Waals surface area (Å²) in [6.45, 7) is 0. The van der Waals surface area contributed by atoms with Gasteiger partial charge in [-0.2, -0.15) is 13.2 Å². The molecular formula is C16H11F3N2O3. The Morgan fingerprint density at radius 1 is 1.12 bits per heavy atom. The van der Waals surface area contributed by atoms with Crippen LogP contribution >= 0.6 is 0 Å². The Bertz CT molecular complexity index is 940. The molecule has 0 bridgehead atoms. The number of hydrogen-bond donors (Lipinski definition) is 2. The molecule has 1 amide bonds. The SMILES string of the molecule is O=C(Cc1ccc(C(F)(F)F)cc1)Nc1cccc2oc(=O)[nH]c12. The number of benzene rings is 2. The summed E-state index contributed by atoms with van der Waals surface area (Å²) in [5, 5.41) is 2.60. The van der Waals surface area contributed by atoms with Gasteiger partial charge in [0.15, 0.2) is 5.58 Å². The molecule has 2 N–H and O–H groups in total. The second-order valence-electron chi connectivity index (χ2n) is 5.11. The van der Waals surface area contributed by atoms with Gasteiger partial charge in [0.1, 0.15) is 5.52 Å². The van der Waals surface area contributed by atoms with E-state index in [1.165, 1.54) is 12.1 Å². The van der Waals surface area contributed by atoms with Crippen molar-refractivity contribution >= 4 is 22.7 Å². The minimum atomic E-state index is -4.41. The maximum Gasteiger partial charge on any atom is 0.417 e. The van der Waals surface area contributed by atoms with E-state index >= 15 is 0 Å². The van der Waals surface area contributed by atoms with Crippen LogP contribution in [0.3, 0.4) is 0 Å². The zero-order valence-electron chi connectivity index (χ0n) is 12.1. The number of fused-ring (bicyclic) bond motifs is 1. The molecule has 5 nitrogen and oxygen atoms in total. The van der Waals surface area contributed by atoms with Crippen LogP contribution in [0.25, 0.3) is 11.1 Å². The fourth-order valence-electron chi connectivity index (χ4n) is 2.27. The van der Waals surface area contributed by atoms with Gasteiger partial charge in [-0.3, -0.25) is 9.78 Å². The highest BCUT2D eigenvalue weighted by molar-refractivity contribution is 5.99. The predicted octanol–water partition coefficient (Wildman–Crippen LogP) is 3.32. The highest BCUT2D eigenvalue weighted by atomic mass is 19.4. The third-order valence-electron chi connectivity index (χ3n) is 3.38. The summed E-state index contributed by atoms with van der Waals surface area (Å²) < 4.78 is 42.4. The maximum absolute atomic E-state index is 12.5. The van der Waals surface area contributed by atoms with Crippen molar-refractivity contribution in [2.24, 2.45) is 0 Å². The van der Waals surface area contributed by atoms with Crippen molar-refractivity contribution in [1.29, 1.82) is 0 Å². The van der Waals surface area contributed by atoms with E-state index in [4.69, 9.17) is 4.42 Å². The fraction of sp³-hybridized carbons (Fsp3) is 0.125. The van der Waals surface area contributed by atoms with Crippen LogP contribution in [0.2, 0.25) is 0 Å². The van der Waals surface area contributed by atoms with E-state index in [1.54, 1.807) is 18.2 Å². The minimum Gasteiger partial charge on any atom is -0.408 e. The molecule has 0 spiro atoms. The summed E-state index contributed by atoms with van der Waals surface area (Å²) in [4.78, 5) is 25.7. The van der Waals surface area contributed by atoms with Crippen molar-refractivity contribution in [2.45, 2.75) is 12.6 Å². The number of anilines is 1. The normalized spacial score (nSPS) is 11.6. The molecule has 1 heterocycles. The number of amides is 1. The molecule has 24 heavy (non-hydrogen) atoms. The van der Waals surface area contributed by atoms with Crippen molar-refractivity contribution in [1.82, 2.24) is 4.98 Å². The van der Waals surface area contributed by atoms with Crippen LogP contribution in [0.15, 0.2) is 51.7 Å². The predicted molar refractivity (Wildman–Crippen MR) is 80.6 cm³/mol. The molecule has 0 radical (unpaired) electrons. The van der Waals surface area contributed by atoms with Gasteiger partial charge in [-0.1, -0.05) is 18.2 Å². The van der Waals surface area contributed by atoms with E-state index in [1.807, 2.05) is 0 Å². The molecule has 3 aromatic rings. The Balaban J connectivity index is 1.74. The average Bonchev–Trinajstić information content (AvgIpc) is 2.88. The molecule has 0 atom stereocenters. The number of alkyl halides is 3. The molecule has 0 aliphatic carbocycles. The summed E-state index contributed by atoms with van der Waals surface area (Å²) >= 11 is 0. The van der Waals surface area contributed by atoms with Gasteiger partial charge in [0.25, 0.3) is 0 Å². The second-order valence-corrected chi connectivity index (χ2v) is 5.11. The smallest absolute Gasteiger partial charge is 0.408 e. The van der Waals surface area contributed by atoms with Gasteiger partial charge < -0.3 is 9.73 Å². The number of para-hydroxylation sites is 1. The Kier molecular flexibility index (Phi) is 3.88. The number of aromatic nitrogens is 1. The number of nitrogens with one attached hydrogen (secondary N) is 2. The first-order valence-corrected chi connectivity index (χ1v) is 6.91. The molecule has 0 aliphatic rings. The lowest BCUT2D eigenvalue weighted by atomic mass is 10.1. The number of rotatable bonds is 3. The zero-order chi connectivity index (χ0) is 17.3. The number of carbonyl (C=O) groups is 1. The number of oxazole rings is 1. The highest BCUT2D eigenvalue weighted by Gasteiger charge is 2.29. The average molecular weight is 336 g/mol. The van der Waals surface area contributed by atoms with E-state index < -0.39 is 23.4 Å². The summed E-state index contributed by atoms with van der Waals surface area (Å²) in [6.07, 6.45) is -4.51. The molecule has 1 aromatic heterocycles. The van der Waals surface area contributed by atoms with Crippen molar-refractivity contribution in [2.75, 3.05) is 5.32 Å². The Morgan fingerprint density at radius 2 is 1.83 bits per heavy atom. The van der Waals surface area contributed by atoms with E-state index in [2.05, 4.69) is 10.3 Å². The first-order valence-electron chi connectivity index (χ1n) is 6.91. The van der Waals surface area contributed by atoms with E-state index in [0.717, 1.165) is 12.1 Å². The van der Waals surface area contributed by atoms with E-state index in [-0.39, 0.29) is 6.42 Å². The standard InChI is InChI=1S/C16H11F3N2O3/c17-16(18,19)10-6-4-9(5-7-10)8-13(22)20-11-2-1-3-12-14(11)21-15(23)24-12/h1-7H,8H2,(H,20,22)(H,21,23). The first kappa shape index (κ1) is 15.9. The summed E-state index contributed by atoms with van der Waals surface area (Å²) in [5.41, 5.74) is 0.673. The molecule has 0 saturated heterocycles. The molecule has 0 saturated carbocycles. The van der Waals surface area contributed by atoms with Crippen LogP contribution in [0.4, 0.5) is 18.9 Å². The Labute approximate surface area is 133 Å². The van der Waals surface area contributed by atoms with Crippen molar-refractivity contribution in [3.05, 3.63) is 64.1 Å². The van der Waals surface area contributed by atoms with Gasteiger partial charge in [0.05, 0.1) is 17.7 Å². The van der Waals surface area contributed by atoms with Gasteiger partial charge in [0, 0.05) is 0 Å². The molecule has 0 fully saturated rings. The van der Waals surface area contributed by atoms with Crippen LogP contribution in [0, 0.1) is 0 Å². The van der Waals surface area contributed by atoms with Crippen LogP contribution in [0.1, 0.15) is 11.1 Å². The lowest BCUT2D eigenvalue weighted by Crippen LogP contribution is -2.15. The Hall–Kier alpha value is -3.03. The summed E-state index contributed by atoms with van der Waals surface area (Å²) in [7, 11) is 0. The first-order chi connectivity index (χ1) is 11.3. The molecular weight excluding hydrogens is 325 g/mol.